The number of rotatable bonds is 3. The van der Waals surface area contributed by atoms with Gasteiger partial charge in [-0.2, -0.15) is 0 Å². The van der Waals surface area contributed by atoms with Crippen molar-refractivity contribution in [1.29, 1.82) is 0 Å². The minimum absolute atomic E-state index is 0.704. The predicted octanol–water partition coefficient (Wildman–Crippen LogP) is -6.01. The number of ether oxygens (including phenoxy) is 2. The Kier molecular flexibility index (Phi) is 5.92. The molecule has 0 aromatic rings. The molecule has 9 N–H and O–H groups in total. The Labute approximate surface area is 130 Å². The Morgan fingerprint density at radius 3 is 1.52 bits per heavy atom. The van der Waals surface area contributed by atoms with Crippen LogP contribution in [0.5, 0.6) is 0 Å². The van der Waals surface area contributed by atoms with Gasteiger partial charge < -0.3 is 55.4 Å². The first-order valence-electron chi connectivity index (χ1n) is 7.07. The van der Waals surface area contributed by atoms with Gasteiger partial charge in [0.15, 0.2) is 6.29 Å². The Morgan fingerprint density at radius 2 is 1.04 bits per heavy atom. The molecule has 1 aliphatic heterocycles. The smallest absolute Gasteiger partial charge is 0.187 e. The molecule has 11 heteroatoms. The molecule has 2 aliphatic rings. The van der Waals surface area contributed by atoms with E-state index in [1.165, 1.54) is 0 Å². The molecule has 0 bridgehead atoms. The van der Waals surface area contributed by atoms with E-state index < -0.39 is 73.9 Å². The van der Waals surface area contributed by atoms with Gasteiger partial charge in [0.25, 0.3) is 0 Å². The molecule has 9 unspecified atom stereocenters. The highest BCUT2D eigenvalue weighted by Gasteiger charge is 2.52. The van der Waals surface area contributed by atoms with Gasteiger partial charge in [-0.05, 0) is 0 Å². The molecule has 1 heterocycles. The van der Waals surface area contributed by atoms with Gasteiger partial charge in [0.2, 0.25) is 0 Å². The Balaban J connectivity index is 2.13. The molecule has 23 heavy (non-hydrogen) atoms. The fourth-order valence-electron chi connectivity index (χ4n) is 2.69. The van der Waals surface area contributed by atoms with Crippen LogP contribution in [0.4, 0.5) is 0 Å². The molecule has 1 aliphatic carbocycles. The molecule has 0 radical (unpaired) electrons. The molecule has 0 amide bonds. The van der Waals surface area contributed by atoms with E-state index in [4.69, 9.17) is 14.6 Å². The third-order valence-electron chi connectivity index (χ3n) is 4.21. The average Bonchev–Trinajstić information content (AvgIpc) is 2.54. The van der Waals surface area contributed by atoms with Crippen LogP contribution in [0.15, 0.2) is 0 Å². The van der Waals surface area contributed by atoms with Crippen LogP contribution in [0, 0.1) is 0 Å². The molecule has 136 valence electrons. The lowest BCUT2D eigenvalue weighted by Gasteiger charge is -2.45. The number of aliphatic hydroxyl groups excluding tert-OH is 9. The van der Waals surface area contributed by atoms with Gasteiger partial charge >= 0.3 is 0 Å². The van der Waals surface area contributed by atoms with Gasteiger partial charge in [0.1, 0.15) is 61.0 Å². The third kappa shape index (κ3) is 3.36. The first-order valence-corrected chi connectivity index (χ1v) is 7.07. The summed E-state index contributed by atoms with van der Waals surface area (Å²) < 4.78 is 10.2. The summed E-state index contributed by atoms with van der Waals surface area (Å²) in [7, 11) is 0. The normalized spacial score (nSPS) is 54.9. The number of aliphatic hydroxyl groups is 9. The molecule has 0 spiro atoms. The summed E-state index contributed by atoms with van der Waals surface area (Å²) in [6, 6.07) is 0. The van der Waals surface area contributed by atoms with Crippen molar-refractivity contribution < 1.29 is 55.4 Å². The summed E-state index contributed by atoms with van der Waals surface area (Å²) in [5, 5.41) is 86.6. The van der Waals surface area contributed by atoms with E-state index in [9.17, 15) is 40.9 Å². The van der Waals surface area contributed by atoms with Crippen molar-refractivity contribution >= 4 is 0 Å². The molecule has 1 saturated heterocycles. The average molecular weight is 342 g/mol. The van der Waals surface area contributed by atoms with Crippen molar-refractivity contribution in [1.82, 2.24) is 0 Å². The Morgan fingerprint density at radius 1 is 0.609 bits per heavy atom. The zero-order valence-electron chi connectivity index (χ0n) is 11.9. The predicted molar refractivity (Wildman–Crippen MR) is 68.7 cm³/mol. The van der Waals surface area contributed by atoms with Gasteiger partial charge in [-0.1, -0.05) is 0 Å². The van der Waals surface area contributed by atoms with Gasteiger partial charge in [-0.15, -0.1) is 0 Å². The van der Waals surface area contributed by atoms with Crippen LogP contribution in [0.2, 0.25) is 0 Å². The van der Waals surface area contributed by atoms with E-state index in [-0.39, 0.29) is 0 Å². The zero-order valence-corrected chi connectivity index (χ0v) is 11.9. The second kappa shape index (κ2) is 7.21. The zero-order chi connectivity index (χ0) is 17.5. The van der Waals surface area contributed by atoms with E-state index in [2.05, 4.69) is 0 Å². The lowest BCUT2D eigenvalue weighted by Crippen LogP contribution is -2.67. The van der Waals surface area contributed by atoms with Crippen LogP contribution >= 0.6 is 0 Å². The molecule has 0 aromatic carbocycles. The molecular formula is C12H22O11. The summed E-state index contributed by atoms with van der Waals surface area (Å²) in [5.41, 5.74) is 0. The number of hydrogen-bond donors (Lipinski definition) is 9. The first kappa shape index (κ1) is 18.9. The van der Waals surface area contributed by atoms with Crippen LogP contribution in [-0.2, 0) is 9.47 Å². The Bertz CT molecular complexity index is 377. The summed E-state index contributed by atoms with van der Waals surface area (Å²) in [4.78, 5) is 0. The van der Waals surface area contributed by atoms with Crippen LogP contribution in [0.25, 0.3) is 0 Å². The summed E-state index contributed by atoms with van der Waals surface area (Å²) in [6.07, 6.45) is -18.9. The maximum Gasteiger partial charge on any atom is 0.187 e. The fraction of sp³-hybridized carbons (Fsp3) is 1.00. The van der Waals surface area contributed by atoms with Gasteiger partial charge in [-0.25, -0.2) is 0 Å². The molecule has 11 nitrogen and oxygen atoms in total. The molecule has 2 fully saturated rings. The molecule has 0 aromatic heterocycles. The second-order valence-corrected chi connectivity index (χ2v) is 5.75. The van der Waals surface area contributed by atoms with Gasteiger partial charge in [0, 0.05) is 0 Å². The largest absolute Gasteiger partial charge is 0.394 e. The summed E-state index contributed by atoms with van der Waals surface area (Å²) >= 11 is 0. The first-order chi connectivity index (χ1) is 10.7. The van der Waals surface area contributed by atoms with Crippen molar-refractivity contribution in [3.63, 3.8) is 0 Å². The highest BCUT2D eigenvalue weighted by Crippen LogP contribution is 2.29. The van der Waals surface area contributed by atoms with Crippen molar-refractivity contribution in [2.45, 2.75) is 67.3 Å². The standard InChI is InChI=1S/C12H22O11/c13-1-2-3(14)4(15)10(21)12(22-2)23-11-8(19)6(17)5(16)7(18)9(11)20/h2-21H,1H2. The highest BCUT2D eigenvalue weighted by atomic mass is 16.7. The summed E-state index contributed by atoms with van der Waals surface area (Å²) in [5.74, 6) is 0. The lowest BCUT2D eigenvalue weighted by atomic mass is 9.84. The van der Waals surface area contributed by atoms with E-state index in [0.29, 0.717) is 0 Å². The topological polar surface area (TPSA) is 201 Å². The third-order valence-corrected chi connectivity index (χ3v) is 4.21. The molecule has 1 saturated carbocycles. The lowest BCUT2D eigenvalue weighted by molar-refractivity contribution is -0.339. The number of hydrogen-bond acceptors (Lipinski definition) is 11. The molecule has 2 rings (SSSR count). The van der Waals surface area contributed by atoms with Crippen molar-refractivity contribution in [2.24, 2.45) is 0 Å². The summed E-state index contributed by atoms with van der Waals surface area (Å²) in [6.45, 7) is -0.704. The molecule has 9 atom stereocenters. The van der Waals surface area contributed by atoms with Crippen LogP contribution < -0.4 is 0 Å². The van der Waals surface area contributed by atoms with Crippen molar-refractivity contribution in [3.05, 3.63) is 0 Å². The van der Waals surface area contributed by atoms with Crippen LogP contribution in [-0.4, -0.2) is 120 Å². The van der Waals surface area contributed by atoms with E-state index in [0.717, 1.165) is 0 Å². The Hall–Kier alpha value is -0.440. The second-order valence-electron chi connectivity index (χ2n) is 5.75. The molecular weight excluding hydrogens is 320 g/mol. The maximum absolute atomic E-state index is 9.85. The van der Waals surface area contributed by atoms with E-state index in [1.54, 1.807) is 0 Å². The SMILES string of the molecule is OCC1OC(OC2C(O)C(O)C(O)C(O)C2O)C(O)C(O)C1O. The van der Waals surface area contributed by atoms with Gasteiger partial charge in [0.05, 0.1) is 6.61 Å². The fourth-order valence-corrected chi connectivity index (χ4v) is 2.69. The van der Waals surface area contributed by atoms with Crippen molar-refractivity contribution in [3.8, 4) is 0 Å². The minimum atomic E-state index is -1.83. The van der Waals surface area contributed by atoms with Crippen LogP contribution in [0.1, 0.15) is 0 Å². The highest BCUT2D eigenvalue weighted by molar-refractivity contribution is 5.00. The minimum Gasteiger partial charge on any atom is -0.394 e. The van der Waals surface area contributed by atoms with Crippen LogP contribution in [0.3, 0.4) is 0 Å². The monoisotopic (exact) mass is 342 g/mol. The van der Waals surface area contributed by atoms with E-state index in [1.807, 2.05) is 0 Å². The quantitative estimate of drug-likeness (QED) is 0.236. The maximum atomic E-state index is 9.85. The van der Waals surface area contributed by atoms with Crippen molar-refractivity contribution in [2.75, 3.05) is 6.61 Å². The van der Waals surface area contributed by atoms with E-state index >= 15 is 0 Å². The van der Waals surface area contributed by atoms with Gasteiger partial charge in [-0.3, -0.25) is 0 Å².